The van der Waals surface area contributed by atoms with E-state index in [2.05, 4.69) is 4.90 Å². The molecule has 1 N–H and O–H groups in total. The topological polar surface area (TPSA) is 51.1 Å². The van der Waals surface area contributed by atoms with Crippen LogP contribution in [0.15, 0.2) is 42.5 Å². The van der Waals surface area contributed by atoms with Crippen molar-refractivity contribution in [2.45, 2.75) is 27.3 Å². The first-order valence-corrected chi connectivity index (χ1v) is 9.94. The van der Waals surface area contributed by atoms with Crippen LogP contribution in [0.2, 0.25) is 0 Å². The van der Waals surface area contributed by atoms with Crippen molar-refractivity contribution in [1.82, 2.24) is 0 Å². The number of carbonyl (C=O) groups is 2. The van der Waals surface area contributed by atoms with Crippen molar-refractivity contribution in [3.63, 3.8) is 0 Å². The summed E-state index contributed by atoms with van der Waals surface area (Å²) in [6, 6.07) is 13.6. The second-order valence-corrected chi connectivity index (χ2v) is 7.33. The average molecular weight is 381 g/mol. The largest absolute Gasteiger partial charge is 0.493 e. The molecule has 5 nitrogen and oxygen atoms in total. The van der Waals surface area contributed by atoms with Gasteiger partial charge < -0.3 is 14.5 Å². The van der Waals surface area contributed by atoms with Gasteiger partial charge in [-0.25, -0.2) is 0 Å². The minimum atomic E-state index is 0.0816. The van der Waals surface area contributed by atoms with E-state index in [-0.39, 0.29) is 11.6 Å². The lowest BCUT2D eigenvalue weighted by Crippen LogP contribution is -3.13. The summed E-state index contributed by atoms with van der Waals surface area (Å²) in [5.41, 5.74) is 3.75. The van der Waals surface area contributed by atoms with Gasteiger partial charge in [-0.2, -0.15) is 0 Å². The molecule has 1 fully saturated rings. The first-order valence-electron chi connectivity index (χ1n) is 9.94. The predicted molar refractivity (Wildman–Crippen MR) is 111 cm³/mol. The van der Waals surface area contributed by atoms with Crippen LogP contribution < -0.4 is 14.5 Å². The molecule has 1 saturated heterocycles. The lowest BCUT2D eigenvalue weighted by molar-refractivity contribution is -0.914. The first-order chi connectivity index (χ1) is 13.5. The molecule has 0 spiro atoms. The summed E-state index contributed by atoms with van der Waals surface area (Å²) in [5.74, 6) is 1.05. The molecular formula is C23H29N2O3+. The van der Waals surface area contributed by atoms with Crippen molar-refractivity contribution < 1.29 is 19.2 Å². The molecule has 5 heteroatoms. The molecule has 0 saturated carbocycles. The summed E-state index contributed by atoms with van der Waals surface area (Å²) in [4.78, 5) is 27.0. The Hall–Kier alpha value is -2.66. The van der Waals surface area contributed by atoms with Crippen LogP contribution in [0.1, 0.15) is 47.1 Å². The lowest BCUT2D eigenvalue weighted by atomic mass is 10.1. The Bertz CT molecular complexity index is 837. The van der Waals surface area contributed by atoms with Crippen LogP contribution in [0.3, 0.4) is 0 Å². The Morgan fingerprint density at radius 2 is 1.57 bits per heavy atom. The zero-order valence-corrected chi connectivity index (χ0v) is 17.0. The number of Topliss-reactive ketones (excluding diaryl/α,β-unsaturated/α-hetero) is 2. The van der Waals surface area contributed by atoms with Gasteiger partial charge in [-0.05, 0) is 63.2 Å². The molecule has 0 amide bonds. The molecule has 1 aliphatic heterocycles. The summed E-state index contributed by atoms with van der Waals surface area (Å²) < 4.78 is 5.77. The number of hydrogen-bond acceptors (Lipinski definition) is 4. The minimum Gasteiger partial charge on any atom is -0.493 e. The zero-order chi connectivity index (χ0) is 20.1. The quantitative estimate of drug-likeness (QED) is 0.749. The molecule has 0 unspecified atom stereocenters. The van der Waals surface area contributed by atoms with E-state index in [1.165, 1.54) is 4.90 Å². The van der Waals surface area contributed by atoms with Crippen molar-refractivity contribution in [2.75, 3.05) is 37.7 Å². The van der Waals surface area contributed by atoms with Crippen LogP contribution in [-0.2, 0) is 6.54 Å². The maximum Gasteiger partial charge on any atom is 0.159 e. The maximum absolute atomic E-state index is 11.7. The van der Waals surface area contributed by atoms with Crippen LogP contribution in [0.4, 0.5) is 5.69 Å². The second-order valence-electron chi connectivity index (χ2n) is 7.33. The van der Waals surface area contributed by atoms with Crippen molar-refractivity contribution in [3.05, 3.63) is 59.2 Å². The minimum absolute atomic E-state index is 0.0816. The first kappa shape index (κ1) is 20.1. The zero-order valence-electron chi connectivity index (χ0n) is 17.0. The molecule has 0 aromatic heterocycles. The number of rotatable bonds is 7. The number of anilines is 1. The van der Waals surface area contributed by atoms with Gasteiger partial charge >= 0.3 is 0 Å². The second kappa shape index (κ2) is 9.02. The molecular weight excluding hydrogens is 352 g/mol. The highest BCUT2D eigenvalue weighted by Gasteiger charge is 2.22. The molecule has 0 bridgehead atoms. The third-order valence-electron chi connectivity index (χ3n) is 5.32. The molecule has 2 aromatic carbocycles. The van der Waals surface area contributed by atoms with Gasteiger partial charge in [0.05, 0.1) is 32.8 Å². The van der Waals surface area contributed by atoms with Gasteiger partial charge in [0.25, 0.3) is 0 Å². The third kappa shape index (κ3) is 4.78. The fourth-order valence-electron chi connectivity index (χ4n) is 3.67. The Morgan fingerprint density at radius 3 is 2.14 bits per heavy atom. The molecule has 2 aromatic rings. The number of hydrogen-bond donors (Lipinski definition) is 1. The van der Waals surface area contributed by atoms with Crippen molar-refractivity contribution in [2.24, 2.45) is 0 Å². The highest BCUT2D eigenvalue weighted by Crippen LogP contribution is 2.20. The van der Waals surface area contributed by atoms with E-state index in [0.29, 0.717) is 6.61 Å². The fourth-order valence-corrected chi connectivity index (χ4v) is 3.67. The SMILES string of the molecule is CCOc1ccc(C(C)=O)cc1C[NH+]1CCN(c2ccc(C(C)=O)cc2)CC1. The summed E-state index contributed by atoms with van der Waals surface area (Å²) in [6.45, 7) is 10.6. The number of benzene rings is 2. The number of piperazine rings is 1. The molecule has 1 aliphatic rings. The van der Waals surface area contributed by atoms with Crippen LogP contribution in [0.25, 0.3) is 0 Å². The number of nitrogens with zero attached hydrogens (tertiary/aromatic N) is 1. The summed E-state index contributed by atoms with van der Waals surface area (Å²) in [7, 11) is 0. The van der Waals surface area contributed by atoms with E-state index in [1.807, 2.05) is 49.4 Å². The summed E-state index contributed by atoms with van der Waals surface area (Å²) >= 11 is 0. The van der Waals surface area contributed by atoms with Crippen LogP contribution >= 0.6 is 0 Å². The number of nitrogens with one attached hydrogen (secondary N) is 1. The van der Waals surface area contributed by atoms with E-state index >= 15 is 0 Å². The maximum atomic E-state index is 11.7. The van der Waals surface area contributed by atoms with Crippen LogP contribution in [-0.4, -0.2) is 44.4 Å². The van der Waals surface area contributed by atoms with Gasteiger partial charge in [-0.3, -0.25) is 9.59 Å². The molecule has 1 heterocycles. The Balaban J connectivity index is 1.64. The van der Waals surface area contributed by atoms with Gasteiger partial charge in [0.2, 0.25) is 0 Å². The molecule has 0 radical (unpaired) electrons. The van der Waals surface area contributed by atoms with Crippen LogP contribution in [0, 0.1) is 0 Å². The average Bonchev–Trinajstić information content (AvgIpc) is 2.70. The number of ether oxygens (including phenoxy) is 1. The van der Waals surface area contributed by atoms with Gasteiger partial charge in [0.1, 0.15) is 12.3 Å². The summed E-state index contributed by atoms with van der Waals surface area (Å²) in [6.07, 6.45) is 0. The smallest absolute Gasteiger partial charge is 0.159 e. The van der Waals surface area contributed by atoms with Crippen molar-refractivity contribution in [1.29, 1.82) is 0 Å². The Labute approximate surface area is 166 Å². The van der Waals surface area contributed by atoms with E-state index < -0.39 is 0 Å². The number of ketones is 2. The third-order valence-corrected chi connectivity index (χ3v) is 5.32. The van der Waals surface area contributed by atoms with E-state index in [4.69, 9.17) is 4.74 Å². The molecule has 0 aliphatic carbocycles. The van der Waals surface area contributed by atoms with E-state index in [0.717, 1.165) is 60.9 Å². The van der Waals surface area contributed by atoms with Gasteiger partial charge in [0.15, 0.2) is 11.6 Å². The summed E-state index contributed by atoms with van der Waals surface area (Å²) in [5, 5.41) is 0. The standard InChI is InChI=1S/C23H28N2O3/c1-4-28-23-10-7-20(18(3)27)15-21(23)16-24-11-13-25(14-12-24)22-8-5-19(6-9-22)17(2)26/h5-10,15H,4,11-14,16H2,1-3H3/p+1. The Kier molecular flexibility index (Phi) is 6.47. The highest BCUT2D eigenvalue weighted by atomic mass is 16.5. The van der Waals surface area contributed by atoms with Gasteiger partial charge in [-0.1, -0.05) is 0 Å². The van der Waals surface area contributed by atoms with E-state index in [1.54, 1.807) is 13.8 Å². The number of quaternary nitrogens is 1. The van der Waals surface area contributed by atoms with Gasteiger partial charge in [-0.15, -0.1) is 0 Å². The molecule has 0 atom stereocenters. The lowest BCUT2D eigenvalue weighted by Gasteiger charge is -2.34. The fraction of sp³-hybridized carbons (Fsp3) is 0.391. The Morgan fingerprint density at radius 1 is 0.964 bits per heavy atom. The van der Waals surface area contributed by atoms with Crippen molar-refractivity contribution >= 4 is 17.3 Å². The molecule has 3 rings (SSSR count). The normalized spacial score (nSPS) is 14.8. The van der Waals surface area contributed by atoms with E-state index in [9.17, 15) is 9.59 Å². The van der Waals surface area contributed by atoms with Crippen LogP contribution in [0.5, 0.6) is 5.75 Å². The molecule has 148 valence electrons. The van der Waals surface area contributed by atoms with Gasteiger partial charge in [0, 0.05) is 22.4 Å². The monoisotopic (exact) mass is 381 g/mol. The highest BCUT2D eigenvalue weighted by molar-refractivity contribution is 5.94. The number of carbonyl (C=O) groups excluding carboxylic acids is 2. The van der Waals surface area contributed by atoms with Crippen molar-refractivity contribution in [3.8, 4) is 5.75 Å². The predicted octanol–water partition coefficient (Wildman–Crippen LogP) is 2.40. The molecule has 28 heavy (non-hydrogen) atoms.